The van der Waals surface area contributed by atoms with Crippen LogP contribution in [0.4, 0.5) is 0 Å². The van der Waals surface area contributed by atoms with Gasteiger partial charge in [-0.15, -0.1) is 24.0 Å². The number of nitrogens with one attached hydrogen (secondary N) is 2. The lowest BCUT2D eigenvalue weighted by Gasteiger charge is -2.26. The highest BCUT2D eigenvalue weighted by Gasteiger charge is 2.22. The molecule has 1 aromatic rings. The minimum absolute atomic E-state index is 0. The number of piperazine rings is 1. The zero-order valence-corrected chi connectivity index (χ0v) is 19.3. The third-order valence-corrected chi connectivity index (χ3v) is 5.11. The summed E-state index contributed by atoms with van der Waals surface area (Å²) in [5.41, 5.74) is 1.66. The van der Waals surface area contributed by atoms with E-state index in [-0.39, 0.29) is 42.3 Å². The number of rotatable bonds is 5. The number of ether oxygens (including phenoxy) is 1. The fraction of sp³-hybridized carbons (Fsp3) is 0.550. The van der Waals surface area contributed by atoms with Gasteiger partial charge in [-0.1, -0.05) is 12.1 Å². The average molecular weight is 515 g/mol. The van der Waals surface area contributed by atoms with Gasteiger partial charge in [0.15, 0.2) is 5.96 Å². The summed E-state index contributed by atoms with van der Waals surface area (Å²) in [6.07, 6.45) is 1.09. The minimum Gasteiger partial charge on any atom is -0.381 e. The molecule has 1 unspecified atom stereocenters. The Morgan fingerprint density at radius 1 is 1.38 bits per heavy atom. The molecule has 3 rings (SSSR count). The van der Waals surface area contributed by atoms with E-state index in [0.717, 1.165) is 37.7 Å². The van der Waals surface area contributed by atoms with Crippen molar-refractivity contribution in [1.82, 2.24) is 20.4 Å². The Balaban J connectivity index is 0.00000300. The lowest BCUT2D eigenvalue weighted by atomic mass is 10.1. The summed E-state index contributed by atoms with van der Waals surface area (Å²) in [6.45, 7) is 4.37. The van der Waals surface area contributed by atoms with Crippen LogP contribution in [-0.2, 0) is 16.1 Å². The van der Waals surface area contributed by atoms with E-state index in [0.29, 0.717) is 31.1 Å². The summed E-state index contributed by atoms with van der Waals surface area (Å²) < 4.78 is 5.44. The second kappa shape index (κ2) is 11.3. The van der Waals surface area contributed by atoms with Gasteiger partial charge in [-0.05, 0) is 24.1 Å². The van der Waals surface area contributed by atoms with Gasteiger partial charge in [0, 0.05) is 58.4 Å². The molecule has 0 bridgehead atoms. The summed E-state index contributed by atoms with van der Waals surface area (Å²) in [6, 6.07) is 7.49. The van der Waals surface area contributed by atoms with E-state index in [1.807, 2.05) is 31.3 Å². The van der Waals surface area contributed by atoms with E-state index in [9.17, 15) is 9.59 Å². The molecule has 29 heavy (non-hydrogen) atoms. The third-order valence-electron chi connectivity index (χ3n) is 5.11. The quantitative estimate of drug-likeness (QED) is 0.346. The number of carbonyl (C=O) groups is 2. The Morgan fingerprint density at radius 3 is 2.76 bits per heavy atom. The molecule has 9 heteroatoms. The van der Waals surface area contributed by atoms with Gasteiger partial charge in [-0.2, -0.15) is 0 Å². The van der Waals surface area contributed by atoms with E-state index in [1.54, 1.807) is 11.9 Å². The maximum atomic E-state index is 12.5. The predicted molar refractivity (Wildman–Crippen MR) is 123 cm³/mol. The summed E-state index contributed by atoms with van der Waals surface area (Å²) in [5, 5.41) is 6.09. The van der Waals surface area contributed by atoms with Crippen LogP contribution >= 0.6 is 24.0 Å². The molecule has 0 aromatic heterocycles. The molecule has 0 aliphatic carbocycles. The van der Waals surface area contributed by atoms with Crippen LogP contribution in [0.5, 0.6) is 0 Å². The molecule has 1 atom stereocenters. The van der Waals surface area contributed by atoms with Crippen molar-refractivity contribution in [1.29, 1.82) is 0 Å². The van der Waals surface area contributed by atoms with E-state index < -0.39 is 0 Å². The number of amides is 2. The standard InChI is InChI=1S/C20H29N5O3.HI/c1-21-20(24(2)12-16-7-10-28-14-16)23-11-15-3-5-17(6-4-15)19(27)25-9-8-22-18(26)13-25;/h3-6,16H,7-14H2,1-2H3,(H,21,23)(H,22,26);1H. The summed E-state index contributed by atoms with van der Waals surface area (Å²) in [7, 11) is 3.81. The Bertz CT molecular complexity index is 719. The fourth-order valence-electron chi connectivity index (χ4n) is 3.53. The second-order valence-corrected chi connectivity index (χ2v) is 7.28. The van der Waals surface area contributed by atoms with Gasteiger partial charge in [0.25, 0.3) is 5.91 Å². The van der Waals surface area contributed by atoms with E-state index in [2.05, 4.69) is 20.5 Å². The molecule has 2 amide bonds. The van der Waals surface area contributed by atoms with Gasteiger partial charge < -0.3 is 25.2 Å². The molecular formula is C20H30IN5O3. The fourth-order valence-corrected chi connectivity index (χ4v) is 3.53. The smallest absolute Gasteiger partial charge is 0.254 e. The molecule has 160 valence electrons. The first-order valence-electron chi connectivity index (χ1n) is 9.71. The number of hydrogen-bond donors (Lipinski definition) is 2. The van der Waals surface area contributed by atoms with Crippen molar-refractivity contribution in [3.63, 3.8) is 0 Å². The van der Waals surface area contributed by atoms with Crippen LogP contribution in [0, 0.1) is 5.92 Å². The zero-order chi connectivity index (χ0) is 19.9. The third kappa shape index (κ3) is 6.56. The van der Waals surface area contributed by atoms with Crippen LogP contribution in [-0.4, -0.2) is 81.1 Å². The second-order valence-electron chi connectivity index (χ2n) is 7.28. The van der Waals surface area contributed by atoms with Crippen LogP contribution in [0.25, 0.3) is 0 Å². The molecule has 0 saturated carbocycles. The molecule has 2 fully saturated rings. The highest BCUT2D eigenvalue weighted by Crippen LogP contribution is 2.13. The van der Waals surface area contributed by atoms with Crippen molar-refractivity contribution < 1.29 is 14.3 Å². The van der Waals surface area contributed by atoms with Crippen molar-refractivity contribution in [3.05, 3.63) is 35.4 Å². The molecule has 2 saturated heterocycles. The highest BCUT2D eigenvalue weighted by molar-refractivity contribution is 14.0. The molecule has 0 radical (unpaired) electrons. The first-order valence-corrected chi connectivity index (χ1v) is 9.71. The number of hydrogen-bond acceptors (Lipinski definition) is 4. The maximum Gasteiger partial charge on any atom is 0.254 e. The Morgan fingerprint density at radius 2 is 2.14 bits per heavy atom. The van der Waals surface area contributed by atoms with Gasteiger partial charge in [-0.25, -0.2) is 0 Å². The van der Waals surface area contributed by atoms with Crippen molar-refractivity contribution in [3.8, 4) is 0 Å². The van der Waals surface area contributed by atoms with Crippen LogP contribution in [0.1, 0.15) is 22.3 Å². The molecule has 2 aliphatic rings. The Kier molecular flexibility index (Phi) is 9.15. The average Bonchev–Trinajstić information content (AvgIpc) is 3.21. The number of halogens is 1. The van der Waals surface area contributed by atoms with Crippen molar-refractivity contribution >= 4 is 41.8 Å². The SMILES string of the molecule is CN=C(NCc1ccc(C(=O)N2CCNC(=O)C2)cc1)N(C)CC1CCOC1.I. The predicted octanol–water partition coefficient (Wildman–Crippen LogP) is 0.920. The van der Waals surface area contributed by atoms with Crippen molar-refractivity contribution in [2.24, 2.45) is 10.9 Å². The number of nitrogens with zero attached hydrogens (tertiary/aromatic N) is 3. The number of guanidine groups is 1. The lowest BCUT2D eigenvalue weighted by Crippen LogP contribution is -2.49. The summed E-state index contributed by atoms with van der Waals surface area (Å²) >= 11 is 0. The van der Waals surface area contributed by atoms with E-state index >= 15 is 0 Å². The Labute approximate surface area is 189 Å². The van der Waals surface area contributed by atoms with Gasteiger partial charge in [0.2, 0.25) is 5.91 Å². The van der Waals surface area contributed by atoms with Crippen LogP contribution in [0.15, 0.2) is 29.3 Å². The van der Waals surface area contributed by atoms with E-state index in [1.165, 1.54) is 0 Å². The van der Waals surface area contributed by atoms with Crippen molar-refractivity contribution in [2.45, 2.75) is 13.0 Å². The normalized spacial score (nSPS) is 19.4. The molecule has 2 N–H and O–H groups in total. The zero-order valence-electron chi connectivity index (χ0n) is 17.0. The van der Waals surface area contributed by atoms with Crippen LogP contribution in [0.3, 0.4) is 0 Å². The molecular weight excluding hydrogens is 485 g/mol. The largest absolute Gasteiger partial charge is 0.381 e. The molecule has 1 aromatic carbocycles. The topological polar surface area (TPSA) is 86.3 Å². The first kappa shape index (κ1) is 23.4. The molecule has 2 heterocycles. The van der Waals surface area contributed by atoms with Crippen LogP contribution < -0.4 is 10.6 Å². The van der Waals surface area contributed by atoms with Gasteiger partial charge in [-0.3, -0.25) is 14.6 Å². The van der Waals surface area contributed by atoms with Gasteiger partial charge >= 0.3 is 0 Å². The van der Waals surface area contributed by atoms with Gasteiger partial charge in [0.05, 0.1) is 13.2 Å². The molecule has 2 aliphatic heterocycles. The summed E-state index contributed by atoms with van der Waals surface area (Å²) in [5.74, 6) is 1.17. The lowest BCUT2D eigenvalue weighted by molar-refractivity contribution is -0.123. The van der Waals surface area contributed by atoms with E-state index in [4.69, 9.17) is 4.74 Å². The number of aliphatic imine (C=N–C) groups is 1. The van der Waals surface area contributed by atoms with Crippen molar-refractivity contribution in [2.75, 3.05) is 53.5 Å². The molecule has 8 nitrogen and oxygen atoms in total. The van der Waals surface area contributed by atoms with Crippen LogP contribution in [0.2, 0.25) is 0 Å². The summed E-state index contributed by atoms with van der Waals surface area (Å²) in [4.78, 5) is 32.0. The first-order chi connectivity index (χ1) is 13.6. The minimum atomic E-state index is -0.111. The number of benzene rings is 1. The van der Waals surface area contributed by atoms with Gasteiger partial charge in [0.1, 0.15) is 0 Å². The maximum absolute atomic E-state index is 12.5. The monoisotopic (exact) mass is 515 g/mol. The number of carbonyl (C=O) groups excluding carboxylic acids is 2. The highest BCUT2D eigenvalue weighted by atomic mass is 127. The molecule has 0 spiro atoms. The Hall–Kier alpha value is -1.88.